The molecule has 0 spiro atoms. The van der Waals surface area contributed by atoms with Gasteiger partial charge in [-0.05, 0) is 56.8 Å². The zero-order chi connectivity index (χ0) is 36.5. The lowest BCUT2D eigenvalue weighted by molar-refractivity contribution is -0.144. The highest BCUT2D eigenvalue weighted by Crippen LogP contribution is 2.33. The van der Waals surface area contributed by atoms with Gasteiger partial charge in [-0.1, -0.05) is 67.9 Å². The predicted molar refractivity (Wildman–Crippen MR) is 184 cm³/mol. The molecule has 1 aliphatic rings. The summed E-state index contributed by atoms with van der Waals surface area (Å²) in [5.74, 6) is -3.41. The first kappa shape index (κ1) is 42.0. The van der Waals surface area contributed by atoms with Crippen LogP contribution in [0.4, 0.5) is 4.79 Å². The molecule has 1 rings (SSSR count). The number of Topliss-reactive ketones (excluding diaryl/α,β-unsaturated/α-hetero) is 1. The van der Waals surface area contributed by atoms with E-state index in [4.69, 9.17) is 0 Å². The summed E-state index contributed by atoms with van der Waals surface area (Å²) in [4.78, 5) is 68.3. The number of amides is 5. The molecule has 1 unspecified atom stereocenters. The Morgan fingerprint density at radius 3 is 2.02 bits per heavy atom. The van der Waals surface area contributed by atoms with Crippen LogP contribution in [0.15, 0.2) is 12.7 Å². The third-order valence-corrected chi connectivity index (χ3v) is 9.79. The van der Waals surface area contributed by atoms with E-state index in [1.807, 2.05) is 20.8 Å². The van der Waals surface area contributed by atoms with E-state index >= 15 is 0 Å². The Hall–Kier alpha value is -3.00. The Bertz CT molecular complexity index is 1240. The zero-order valence-corrected chi connectivity index (χ0v) is 31.1. The van der Waals surface area contributed by atoms with Crippen LogP contribution in [0.1, 0.15) is 95.4 Å². The van der Waals surface area contributed by atoms with E-state index in [2.05, 4.69) is 32.6 Å². The second kappa shape index (κ2) is 17.4. The number of nitrogens with zero attached hydrogens (tertiary/aromatic N) is 1. The summed E-state index contributed by atoms with van der Waals surface area (Å²) < 4.78 is 28.2. The predicted octanol–water partition coefficient (Wildman–Crippen LogP) is 2.47. The summed E-state index contributed by atoms with van der Waals surface area (Å²) in [6, 6.07) is -4.53. The average Bonchev–Trinajstić information content (AvgIpc) is 3.37. The molecule has 270 valence electrons. The molecule has 1 saturated heterocycles. The van der Waals surface area contributed by atoms with Gasteiger partial charge in [0.2, 0.25) is 27.6 Å². The Morgan fingerprint density at radius 1 is 0.957 bits per heavy atom. The van der Waals surface area contributed by atoms with Crippen LogP contribution in [0.25, 0.3) is 0 Å². The Balaban J connectivity index is 3.31. The monoisotopic (exact) mass is 684 g/mol. The standard InChI is InChI=1S/C33H60N6O7S/c1-13-15-23(26(40)29(42)34-17-14-2)35-28(41)25-22(20(3)4)16-18-39(25)30(43)27(32(7,8)9)37-31(44)36-24(21(5)6)19-47(45,46)38-33(10,11)12/h14,20-25,27,38H,2,13,15-19H2,1,3-12H3,(H,34,42)(H,35,41)(H2,36,37,44)/t22-,23?,24-,25+,27-/m1/s1. The molecule has 1 heterocycles. The summed E-state index contributed by atoms with van der Waals surface area (Å²) in [6.07, 6.45) is 2.75. The minimum atomic E-state index is -3.74. The topological polar surface area (TPSA) is 183 Å². The van der Waals surface area contributed by atoms with Crippen LogP contribution in [0.3, 0.4) is 0 Å². The number of hydrogen-bond donors (Lipinski definition) is 5. The van der Waals surface area contributed by atoms with Gasteiger partial charge in [0.05, 0.1) is 11.8 Å². The minimum Gasteiger partial charge on any atom is -0.346 e. The summed E-state index contributed by atoms with van der Waals surface area (Å²) in [7, 11) is -3.74. The first-order valence-electron chi connectivity index (χ1n) is 16.6. The van der Waals surface area contributed by atoms with Crippen LogP contribution in [0, 0.1) is 23.2 Å². The van der Waals surface area contributed by atoms with Gasteiger partial charge in [0.1, 0.15) is 12.1 Å². The summed E-state index contributed by atoms with van der Waals surface area (Å²) in [5.41, 5.74) is -1.48. The SMILES string of the molecule is C=CCNC(=O)C(=O)C(CCC)NC(=O)[C@@H]1[C@@H](C(C)C)CCN1C(=O)[C@@H](NC(=O)N[C@H](CS(=O)(=O)NC(C)(C)C)C(C)C)C(C)(C)C. The van der Waals surface area contributed by atoms with Crippen molar-refractivity contribution in [2.75, 3.05) is 18.8 Å². The van der Waals surface area contributed by atoms with Gasteiger partial charge in [-0.25, -0.2) is 17.9 Å². The molecule has 0 aliphatic carbocycles. The van der Waals surface area contributed by atoms with Crippen LogP contribution >= 0.6 is 0 Å². The highest BCUT2D eigenvalue weighted by atomic mass is 32.2. The van der Waals surface area contributed by atoms with Crippen molar-refractivity contribution in [3.05, 3.63) is 12.7 Å². The summed E-state index contributed by atoms with van der Waals surface area (Å²) >= 11 is 0. The van der Waals surface area contributed by atoms with E-state index in [1.165, 1.54) is 11.0 Å². The lowest BCUT2D eigenvalue weighted by Crippen LogP contribution is -2.62. The number of urea groups is 1. The summed E-state index contributed by atoms with van der Waals surface area (Å²) in [6.45, 7) is 23.8. The van der Waals surface area contributed by atoms with Crippen molar-refractivity contribution in [1.82, 2.24) is 30.9 Å². The smallest absolute Gasteiger partial charge is 0.315 e. The van der Waals surface area contributed by atoms with Crippen LogP contribution in [-0.4, -0.2) is 91.4 Å². The van der Waals surface area contributed by atoms with Crippen molar-refractivity contribution >= 4 is 39.6 Å². The highest BCUT2D eigenvalue weighted by Gasteiger charge is 2.47. The number of carbonyl (C=O) groups is 5. The first-order chi connectivity index (χ1) is 21.5. The number of likely N-dealkylation sites (tertiary alicyclic amines) is 1. The molecule has 5 N–H and O–H groups in total. The van der Waals surface area contributed by atoms with Gasteiger partial charge in [-0.3, -0.25) is 19.2 Å². The summed E-state index contributed by atoms with van der Waals surface area (Å²) in [5, 5.41) is 10.7. The fraction of sp³-hybridized carbons (Fsp3) is 0.788. The van der Waals surface area contributed by atoms with Crippen molar-refractivity contribution in [3.63, 3.8) is 0 Å². The molecule has 0 bridgehead atoms. The van der Waals surface area contributed by atoms with Crippen molar-refractivity contribution in [2.45, 2.75) is 125 Å². The van der Waals surface area contributed by atoms with Crippen molar-refractivity contribution < 1.29 is 32.4 Å². The lowest BCUT2D eigenvalue weighted by atomic mass is 9.84. The normalized spacial score (nSPS) is 19.1. The van der Waals surface area contributed by atoms with E-state index < -0.39 is 74.7 Å². The molecular formula is C33H60N6O7S. The molecule has 14 heteroatoms. The first-order valence-corrected chi connectivity index (χ1v) is 18.2. The Labute approximate surface area is 282 Å². The zero-order valence-electron chi connectivity index (χ0n) is 30.3. The maximum atomic E-state index is 14.2. The van der Waals surface area contributed by atoms with E-state index in [1.54, 1.807) is 55.4 Å². The van der Waals surface area contributed by atoms with Gasteiger partial charge in [0, 0.05) is 24.7 Å². The third-order valence-electron chi connectivity index (χ3n) is 8.06. The number of carbonyl (C=O) groups excluding carboxylic acids is 5. The molecule has 0 saturated carbocycles. The van der Waals surface area contributed by atoms with Crippen LogP contribution < -0.4 is 26.0 Å². The molecule has 1 aliphatic heterocycles. The average molecular weight is 685 g/mol. The third kappa shape index (κ3) is 13.2. The molecule has 5 amide bonds. The minimum absolute atomic E-state index is 0.0135. The van der Waals surface area contributed by atoms with E-state index in [0.29, 0.717) is 12.8 Å². The van der Waals surface area contributed by atoms with Crippen LogP contribution in [0.2, 0.25) is 0 Å². The molecule has 0 aromatic rings. The van der Waals surface area contributed by atoms with Crippen LogP contribution in [0.5, 0.6) is 0 Å². The molecule has 5 atom stereocenters. The fourth-order valence-electron chi connectivity index (χ4n) is 5.62. The maximum Gasteiger partial charge on any atom is 0.315 e. The largest absolute Gasteiger partial charge is 0.346 e. The van der Waals surface area contributed by atoms with Crippen molar-refractivity contribution in [3.8, 4) is 0 Å². The molecule has 0 aromatic carbocycles. The van der Waals surface area contributed by atoms with Gasteiger partial charge < -0.3 is 26.2 Å². The van der Waals surface area contributed by atoms with Crippen molar-refractivity contribution in [2.24, 2.45) is 23.2 Å². The number of sulfonamides is 1. The van der Waals surface area contributed by atoms with Gasteiger partial charge in [-0.15, -0.1) is 6.58 Å². The van der Waals surface area contributed by atoms with Crippen LogP contribution in [-0.2, 0) is 29.2 Å². The van der Waals surface area contributed by atoms with Gasteiger partial charge in [-0.2, -0.15) is 0 Å². The molecule has 13 nitrogen and oxygen atoms in total. The molecule has 0 radical (unpaired) electrons. The van der Waals surface area contributed by atoms with Gasteiger partial charge in [0.15, 0.2) is 0 Å². The number of nitrogens with one attached hydrogen (secondary N) is 5. The Kier molecular flexibility index (Phi) is 15.6. The number of ketones is 1. The second-order valence-electron chi connectivity index (χ2n) is 15.3. The maximum absolute atomic E-state index is 14.2. The van der Waals surface area contributed by atoms with E-state index in [-0.39, 0.29) is 43.0 Å². The van der Waals surface area contributed by atoms with E-state index in [9.17, 15) is 32.4 Å². The number of hydrogen-bond acceptors (Lipinski definition) is 7. The quantitative estimate of drug-likeness (QED) is 0.122. The van der Waals surface area contributed by atoms with E-state index in [0.717, 1.165) is 0 Å². The molecule has 1 fully saturated rings. The number of rotatable bonds is 16. The molecule has 47 heavy (non-hydrogen) atoms. The fourth-order valence-corrected chi connectivity index (χ4v) is 7.58. The van der Waals surface area contributed by atoms with Gasteiger partial charge in [0.25, 0.3) is 5.91 Å². The lowest BCUT2D eigenvalue weighted by Gasteiger charge is -2.37. The van der Waals surface area contributed by atoms with Crippen molar-refractivity contribution in [1.29, 1.82) is 0 Å². The molecule has 0 aromatic heterocycles. The Morgan fingerprint density at radius 2 is 1.55 bits per heavy atom. The molecular weight excluding hydrogens is 624 g/mol. The highest BCUT2D eigenvalue weighted by molar-refractivity contribution is 7.89. The van der Waals surface area contributed by atoms with Gasteiger partial charge >= 0.3 is 6.03 Å². The second-order valence-corrected chi connectivity index (χ2v) is 17.1.